The molecule has 1 fully saturated rings. The first kappa shape index (κ1) is 20.2. The van der Waals surface area contributed by atoms with E-state index >= 15 is 0 Å². The summed E-state index contributed by atoms with van der Waals surface area (Å²) < 4.78 is 14.1. The Morgan fingerprint density at radius 2 is 2.07 bits per heavy atom. The first-order valence-electron chi connectivity index (χ1n) is 10.3. The van der Waals surface area contributed by atoms with Crippen LogP contribution in [0.2, 0.25) is 0 Å². The number of likely N-dealkylation sites (N-methyl/N-ethyl adjacent to an activating group) is 1. The van der Waals surface area contributed by atoms with Crippen LogP contribution in [0.3, 0.4) is 0 Å². The summed E-state index contributed by atoms with van der Waals surface area (Å²) in [4.78, 5) is 28.4. The quantitative estimate of drug-likeness (QED) is 0.813. The molecule has 2 atom stereocenters. The van der Waals surface area contributed by atoms with Gasteiger partial charge >= 0.3 is 0 Å². The molecule has 2 aromatic carbocycles. The van der Waals surface area contributed by atoms with Gasteiger partial charge in [0.1, 0.15) is 11.9 Å². The molecule has 7 heteroatoms. The summed E-state index contributed by atoms with van der Waals surface area (Å²) in [5, 5.41) is 6.12. The second-order valence-electron chi connectivity index (χ2n) is 8.18. The number of nitrogens with zero attached hydrogens (tertiary/aromatic N) is 2. The van der Waals surface area contributed by atoms with Crippen LogP contribution in [0.1, 0.15) is 24.5 Å². The Morgan fingerprint density at radius 1 is 1.27 bits per heavy atom. The topological polar surface area (TPSA) is 64.7 Å². The fourth-order valence-electron chi connectivity index (χ4n) is 4.29. The minimum atomic E-state index is -0.500. The van der Waals surface area contributed by atoms with Crippen LogP contribution in [0.5, 0.6) is 0 Å². The van der Waals surface area contributed by atoms with Gasteiger partial charge in [-0.15, -0.1) is 0 Å². The first-order chi connectivity index (χ1) is 14.3. The summed E-state index contributed by atoms with van der Waals surface area (Å²) in [6.07, 6.45) is 1.25. The number of rotatable bonds is 4. The van der Waals surface area contributed by atoms with E-state index in [0.29, 0.717) is 17.7 Å². The highest BCUT2D eigenvalue weighted by Gasteiger charge is 2.30. The summed E-state index contributed by atoms with van der Waals surface area (Å²) in [6, 6.07) is 10.6. The van der Waals surface area contributed by atoms with Crippen molar-refractivity contribution in [2.45, 2.75) is 38.8 Å². The van der Waals surface area contributed by atoms with Crippen LogP contribution in [0.15, 0.2) is 36.4 Å². The fraction of sp³-hybridized carbons (Fsp3) is 0.391. The van der Waals surface area contributed by atoms with Gasteiger partial charge in [-0.25, -0.2) is 4.39 Å². The Labute approximate surface area is 176 Å². The monoisotopic (exact) mass is 410 g/mol. The number of nitrogens with one attached hydrogen (secondary N) is 2. The third kappa shape index (κ3) is 3.84. The summed E-state index contributed by atoms with van der Waals surface area (Å²) in [5.74, 6) is -0.392. The molecule has 0 bridgehead atoms. The van der Waals surface area contributed by atoms with Gasteiger partial charge in [-0.05, 0) is 43.2 Å². The van der Waals surface area contributed by atoms with Gasteiger partial charge in [-0.2, -0.15) is 0 Å². The van der Waals surface area contributed by atoms with E-state index < -0.39 is 6.04 Å². The zero-order valence-corrected chi connectivity index (χ0v) is 17.5. The van der Waals surface area contributed by atoms with Crippen molar-refractivity contribution in [3.63, 3.8) is 0 Å². The summed E-state index contributed by atoms with van der Waals surface area (Å²) in [6.45, 7) is 5.12. The molecule has 6 nitrogen and oxygen atoms in total. The predicted molar refractivity (Wildman–Crippen MR) is 116 cm³/mol. The lowest BCUT2D eigenvalue weighted by Crippen LogP contribution is -2.37. The molecular weight excluding hydrogens is 383 g/mol. The molecule has 0 aliphatic carbocycles. The van der Waals surface area contributed by atoms with E-state index in [1.54, 1.807) is 17.9 Å². The Balaban J connectivity index is 1.42. The van der Waals surface area contributed by atoms with E-state index in [-0.39, 0.29) is 23.7 Å². The zero-order valence-electron chi connectivity index (χ0n) is 17.5. The smallest absolute Gasteiger partial charge is 0.247 e. The molecular formula is C23H27FN4O2. The number of aryl methyl sites for hydroxylation is 1. The van der Waals surface area contributed by atoms with Crippen LogP contribution in [0, 0.1) is 12.7 Å². The van der Waals surface area contributed by atoms with Gasteiger partial charge in [0.25, 0.3) is 0 Å². The van der Waals surface area contributed by atoms with Crippen molar-refractivity contribution in [1.82, 2.24) is 4.90 Å². The Bertz CT molecular complexity index is 962. The Kier molecular flexibility index (Phi) is 5.37. The van der Waals surface area contributed by atoms with Crippen molar-refractivity contribution in [3.05, 3.63) is 53.3 Å². The average molecular weight is 410 g/mol. The molecule has 1 saturated heterocycles. The van der Waals surface area contributed by atoms with Crippen molar-refractivity contribution in [3.8, 4) is 0 Å². The molecule has 30 heavy (non-hydrogen) atoms. The van der Waals surface area contributed by atoms with Crippen LogP contribution >= 0.6 is 0 Å². The number of amides is 2. The first-order valence-corrected chi connectivity index (χ1v) is 10.3. The Morgan fingerprint density at radius 3 is 2.80 bits per heavy atom. The number of carbonyl (C=O) groups is 2. The van der Waals surface area contributed by atoms with Gasteiger partial charge < -0.3 is 20.4 Å². The van der Waals surface area contributed by atoms with Crippen LogP contribution in [-0.4, -0.2) is 48.9 Å². The maximum Gasteiger partial charge on any atom is 0.247 e. The molecule has 2 N–H and O–H groups in total. The minimum Gasteiger partial charge on any atom is -0.373 e. The summed E-state index contributed by atoms with van der Waals surface area (Å²) in [5.41, 5.74) is 3.94. The third-order valence-corrected chi connectivity index (χ3v) is 6.19. The maximum atomic E-state index is 14.1. The van der Waals surface area contributed by atoms with Crippen molar-refractivity contribution in [1.29, 1.82) is 0 Å². The van der Waals surface area contributed by atoms with Gasteiger partial charge in [-0.3, -0.25) is 9.59 Å². The number of anilines is 3. The van der Waals surface area contributed by atoms with Crippen molar-refractivity contribution in [2.75, 3.05) is 35.7 Å². The summed E-state index contributed by atoms with van der Waals surface area (Å²) in [7, 11) is 1.84. The Hall–Kier alpha value is -3.09. The lowest BCUT2D eigenvalue weighted by atomic mass is 10.1. The van der Waals surface area contributed by atoms with Crippen LogP contribution in [0.4, 0.5) is 21.5 Å². The van der Waals surface area contributed by atoms with Crippen LogP contribution in [-0.2, 0) is 16.0 Å². The molecule has 0 spiro atoms. The van der Waals surface area contributed by atoms with Crippen LogP contribution in [0.25, 0.3) is 0 Å². The average Bonchev–Trinajstić information content (AvgIpc) is 3.39. The van der Waals surface area contributed by atoms with Crippen LogP contribution < -0.4 is 15.5 Å². The second kappa shape index (κ2) is 7.97. The number of halogens is 1. The summed E-state index contributed by atoms with van der Waals surface area (Å²) >= 11 is 0. The highest BCUT2D eigenvalue weighted by Crippen LogP contribution is 2.32. The molecule has 0 aromatic heterocycles. The predicted octanol–water partition coefficient (Wildman–Crippen LogP) is 3.17. The van der Waals surface area contributed by atoms with Crippen molar-refractivity contribution in [2.24, 2.45) is 0 Å². The van der Waals surface area contributed by atoms with Gasteiger partial charge in [0.05, 0.1) is 6.04 Å². The number of hydrogen-bond donors (Lipinski definition) is 2. The molecule has 2 heterocycles. The molecule has 4 rings (SSSR count). The number of hydrogen-bond acceptors (Lipinski definition) is 4. The molecule has 0 saturated carbocycles. The van der Waals surface area contributed by atoms with E-state index in [4.69, 9.17) is 0 Å². The standard InChI is InChI=1S/C23H27FN4O2/c1-14-7-8-20(24)19-12-21(26-22(14)19)23(30)25-16-5-4-6-17(11-16)28-10-9-18(13-28)27(3)15(2)29/h4-8,11,18,21,26H,9-10,12-13H2,1-3H3,(H,25,30). The molecule has 0 radical (unpaired) electrons. The van der Waals surface area contributed by atoms with Gasteiger partial charge in [-0.1, -0.05) is 12.1 Å². The zero-order chi connectivity index (χ0) is 21.4. The van der Waals surface area contributed by atoms with E-state index in [1.807, 2.05) is 38.2 Å². The van der Waals surface area contributed by atoms with E-state index in [9.17, 15) is 14.0 Å². The fourth-order valence-corrected chi connectivity index (χ4v) is 4.29. The number of benzene rings is 2. The SMILES string of the molecule is CC(=O)N(C)C1CCN(c2cccc(NC(=O)C3Cc4c(F)ccc(C)c4N3)c2)C1. The van der Waals surface area contributed by atoms with Crippen molar-refractivity contribution >= 4 is 28.9 Å². The van der Waals surface area contributed by atoms with E-state index in [2.05, 4.69) is 15.5 Å². The number of carbonyl (C=O) groups excluding carboxylic acids is 2. The molecule has 2 aliphatic heterocycles. The van der Waals surface area contributed by atoms with E-state index in [1.165, 1.54) is 6.07 Å². The molecule has 2 unspecified atom stereocenters. The largest absolute Gasteiger partial charge is 0.373 e. The second-order valence-corrected chi connectivity index (χ2v) is 8.18. The van der Waals surface area contributed by atoms with Gasteiger partial charge in [0, 0.05) is 56.1 Å². The highest BCUT2D eigenvalue weighted by molar-refractivity contribution is 5.98. The minimum absolute atomic E-state index is 0.0691. The normalized spacial score (nSPS) is 19.9. The maximum absolute atomic E-state index is 14.1. The molecule has 2 aromatic rings. The van der Waals surface area contributed by atoms with Crippen molar-refractivity contribution < 1.29 is 14.0 Å². The lowest BCUT2D eigenvalue weighted by Gasteiger charge is -2.24. The molecule has 2 aliphatic rings. The van der Waals surface area contributed by atoms with E-state index in [0.717, 1.165) is 36.4 Å². The van der Waals surface area contributed by atoms with Gasteiger partial charge in [0.2, 0.25) is 11.8 Å². The molecule has 2 amide bonds. The number of fused-ring (bicyclic) bond motifs is 1. The third-order valence-electron chi connectivity index (χ3n) is 6.19. The van der Waals surface area contributed by atoms with Gasteiger partial charge in [0.15, 0.2) is 0 Å². The molecule has 158 valence electrons. The highest BCUT2D eigenvalue weighted by atomic mass is 19.1. The lowest BCUT2D eigenvalue weighted by molar-refractivity contribution is -0.129.